The maximum Gasteiger partial charge on any atom is 0.157 e. The van der Waals surface area contributed by atoms with Gasteiger partial charge in [-0.2, -0.15) is 0 Å². The molecule has 0 atom stereocenters. The van der Waals surface area contributed by atoms with E-state index in [0.29, 0.717) is 22.3 Å². The van der Waals surface area contributed by atoms with E-state index in [0.717, 1.165) is 0 Å². The number of para-hydroxylation sites is 1. The van der Waals surface area contributed by atoms with E-state index in [9.17, 15) is 0 Å². The lowest BCUT2D eigenvalue weighted by Gasteiger charge is -2.05. The summed E-state index contributed by atoms with van der Waals surface area (Å²) >= 11 is 11.8. The van der Waals surface area contributed by atoms with E-state index in [-0.39, 0.29) is 6.61 Å². The molecule has 1 aromatic rings. The van der Waals surface area contributed by atoms with Crippen LogP contribution in [-0.4, -0.2) is 20.2 Å². The van der Waals surface area contributed by atoms with Crippen LogP contribution in [0.2, 0.25) is 10.0 Å². The third-order valence-electron chi connectivity index (χ3n) is 1.60. The fourth-order valence-corrected chi connectivity index (χ4v) is 1.44. The van der Waals surface area contributed by atoms with Gasteiger partial charge in [-0.3, -0.25) is 0 Å². The second-order valence-corrected chi connectivity index (χ2v) is 3.54. The second-order valence-electron chi connectivity index (χ2n) is 2.72. The van der Waals surface area contributed by atoms with Crippen molar-refractivity contribution in [2.45, 2.75) is 0 Å². The molecule has 0 saturated carbocycles. The zero-order chi connectivity index (χ0) is 11.1. The van der Waals surface area contributed by atoms with Crippen LogP contribution >= 0.6 is 23.2 Å². The van der Waals surface area contributed by atoms with Crippen LogP contribution in [0, 0.1) is 11.8 Å². The summed E-state index contributed by atoms with van der Waals surface area (Å²) in [5, 5.41) is 3.90. The molecule has 4 heteroatoms. The number of benzene rings is 1. The Morgan fingerprint density at radius 3 is 2.53 bits per heavy atom. The molecule has 1 aromatic carbocycles. The van der Waals surface area contributed by atoms with Crippen molar-refractivity contribution in [3.05, 3.63) is 28.2 Å². The highest BCUT2D eigenvalue weighted by atomic mass is 35.5. The molecule has 1 N–H and O–H groups in total. The average Bonchev–Trinajstić information content (AvgIpc) is 2.21. The summed E-state index contributed by atoms with van der Waals surface area (Å²) in [5.74, 6) is 6.19. The van der Waals surface area contributed by atoms with Gasteiger partial charge in [0, 0.05) is 0 Å². The Morgan fingerprint density at radius 1 is 1.27 bits per heavy atom. The Balaban J connectivity index is 2.55. The predicted molar refractivity (Wildman–Crippen MR) is 63.7 cm³/mol. The van der Waals surface area contributed by atoms with Crippen molar-refractivity contribution >= 4 is 23.2 Å². The Bertz CT molecular complexity index is 362. The standard InChI is InChI=1S/C11H11Cl2NO/c1-14-7-2-3-8-15-11-9(12)5-4-6-10(11)13/h4-6,14H,7-8H2,1H3. The normalized spacial score (nSPS) is 9.27. The van der Waals surface area contributed by atoms with Gasteiger partial charge in [-0.05, 0) is 19.2 Å². The second kappa shape index (κ2) is 6.58. The minimum Gasteiger partial charge on any atom is -0.478 e. The van der Waals surface area contributed by atoms with Crippen molar-refractivity contribution in [3.63, 3.8) is 0 Å². The molecule has 0 saturated heterocycles. The van der Waals surface area contributed by atoms with Crippen LogP contribution in [0.15, 0.2) is 18.2 Å². The minimum atomic E-state index is 0.283. The van der Waals surface area contributed by atoms with Crippen LogP contribution in [0.1, 0.15) is 0 Å². The monoisotopic (exact) mass is 243 g/mol. The third kappa shape index (κ3) is 4.01. The molecule has 2 nitrogen and oxygen atoms in total. The molecular weight excluding hydrogens is 233 g/mol. The number of rotatable bonds is 3. The molecule has 1 rings (SSSR count). The van der Waals surface area contributed by atoms with E-state index >= 15 is 0 Å². The molecule has 0 bridgehead atoms. The highest BCUT2D eigenvalue weighted by Gasteiger charge is 2.04. The highest BCUT2D eigenvalue weighted by molar-refractivity contribution is 6.37. The van der Waals surface area contributed by atoms with Crippen LogP contribution in [0.25, 0.3) is 0 Å². The Kier molecular flexibility index (Phi) is 5.34. The Labute approximate surface area is 99.5 Å². The number of hydrogen-bond donors (Lipinski definition) is 1. The smallest absolute Gasteiger partial charge is 0.157 e. The maximum atomic E-state index is 5.90. The lowest BCUT2D eigenvalue weighted by molar-refractivity contribution is 0.370. The number of ether oxygens (including phenoxy) is 1. The molecule has 15 heavy (non-hydrogen) atoms. The summed E-state index contributed by atoms with van der Waals surface area (Å²) in [6, 6.07) is 5.22. The summed E-state index contributed by atoms with van der Waals surface area (Å²) < 4.78 is 5.35. The van der Waals surface area contributed by atoms with Gasteiger partial charge >= 0.3 is 0 Å². The zero-order valence-corrected chi connectivity index (χ0v) is 9.82. The molecule has 80 valence electrons. The van der Waals surface area contributed by atoms with Gasteiger partial charge < -0.3 is 10.1 Å². The van der Waals surface area contributed by atoms with E-state index in [1.165, 1.54) is 0 Å². The summed E-state index contributed by atoms with van der Waals surface area (Å²) in [5.41, 5.74) is 0. The van der Waals surface area contributed by atoms with Crippen LogP contribution in [0.5, 0.6) is 5.75 Å². The largest absolute Gasteiger partial charge is 0.478 e. The first-order chi connectivity index (χ1) is 7.25. The van der Waals surface area contributed by atoms with Gasteiger partial charge in [0.1, 0.15) is 6.61 Å². The molecule has 0 aliphatic heterocycles. The van der Waals surface area contributed by atoms with E-state index in [4.69, 9.17) is 27.9 Å². The van der Waals surface area contributed by atoms with Crippen molar-refractivity contribution in [3.8, 4) is 17.6 Å². The fourth-order valence-electron chi connectivity index (χ4n) is 0.931. The van der Waals surface area contributed by atoms with E-state index in [1.807, 2.05) is 7.05 Å². The fraction of sp³-hybridized carbons (Fsp3) is 0.273. The Morgan fingerprint density at radius 2 is 1.93 bits per heavy atom. The number of halogens is 2. The molecule has 0 heterocycles. The van der Waals surface area contributed by atoms with Crippen molar-refractivity contribution < 1.29 is 4.74 Å². The van der Waals surface area contributed by atoms with Gasteiger partial charge in [0.25, 0.3) is 0 Å². The molecule has 0 fully saturated rings. The molecule has 0 unspecified atom stereocenters. The number of nitrogens with one attached hydrogen (secondary N) is 1. The van der Waals surface area contributed by atoms with Gasteiger partial charge in [-0.15, -0.1) is 0 Å². The molecular formula is C11H11Cl2NO. The van der Waals surface area contributed by atoms with E-state index in [1.54, 1.807) is 18.2 Å². The zero-order valence-electron chi connectivity index (χ0n) is 8.31. The molecule has 0 aliphatic carbocycles. The SMILES string of the molecule is CNCC#CCOc1c(Cl)cccc1Cl. The maximum absolute atomic E-state index is 5.90. The van der Waals surface area contributed by atoms with Crippen molar-refractivity contribution in [1.29, 1.82) is 0 Å². The minimum absolute atomic E-state index is 0.283. The third-order valence-corrected chi connectivity index (χ3v) is 2.19. The van der Waals surface area contributed by atoms with Gasteiger partial charge in [0.05, 0.1) is 16.6 Å². The van der Waals surface area contributed by atoms with Gasteiger partial charge in [0.15, 0.2) is 5.75 Å². The van der Waals surface area contributed by atoms with Gasteiger partial charge in [-0.25, -0.2) is 0 Å². The summed E-state index contributed by atoms with van der Waals surface area (Å²) in [6.45, 7) is 0.921. The number of hydrogen-bond acceptors (Lipinski definition) is 2. The average molecular weight is 244 g/mol. The molecule has 0 spiro atoms. The van der Waals surface area contributed by atoms with E-state index < -0.39 is 0 Å². The lowest BCUT2D eigenvalue weighted by atomic mass is 10.3. The first-order valence-corrected chi connectivity index (χ1v) is 5.18. The van der Waals surface area contributed by atoms with Crippen LogP contribution in [0.4, 0.5) is 0 Å². The van der Waals surface area contributed by atoms with Gasteiger partial charge in [0.2, 0.25) is 0 Å². The topological polar surface area (TPSA) is 21.3 Å². The van der Waals surface area contributed by atoms with Crippen LogP contribution in [0.3, 0.4) is 0 Å². The molecule has 0 amide bonds. The van der Waals surface area contributed by atoms with E-state index in [2.05, 4.69) is 17.2 Å². The van der Waals surface area contributed by atoms with Gasteiger partial charge in [-0.1, -0.05) is 41.1 Å². The summed E-state index contributed by atoms with van der Waals surface area (Å²) in [7, 11) is 1.83. The first kappa shape index (κ1) is 12.2. The molecule has 0 aromatic heterocycles. The van der Waals surface area contributed by atoms with Crippen molar-refractivity contribution in [2.24, 2.45) is 0 Å². The summed E-state index contributed by atoms with van der Waals surface area (Å²) in [4.78, 5) is 0. The Hall–Kier alpha value is -0.880. The lowest BCUT2D eigenvalue weighted by Crippen LogP contribution is -2.05. The predicted octanol–water partition coefficient (Wildman–Crippen LogP) is 2.60. The van der Waals surface area contributed by atoms with Crippen LogP contribution < -0.4 is 10.1 Å². The van der Waals surface area contributed by atoms with Crippen molar-refractivity contribution in [2.75, 3.05) is 20.2 Å². The summed E-state index contributed by atoms with van der Waals surface area (Å²) in [6.07, 6.45) is 0. The van der Waals surface area contributed by atoms with Crippen LogP contribution in [-0.2, 0) is 0 Å². The molecule has 0 aliphatic rings. The quantitative estimate of drug-likeness (QED) is 0.825. The van der Waals surface area contributed by atoms with Crippen molar-refractivity contribution in [1.82, 2.24) is 5.32 Å². The highest BCUT2D eigenvalue weighted by Crippen LogP contribution is 2.31. The molecule has 0 radical (unpaired) electrons. The first-order valence-electron chi connectivity index (χ1n) is 4.43.